The van der Waals surface area contributed by atoms with Crippen molar-refractivity contribution < 1.29 is 14.4 Å². The van der Waals surface area contributed by atoms with E-state index < -0.39 is 11.7 Å². The van der Waals surface area contributed by atoms with Crippen molar-refractivity contribution in [1.29, 1.82) is 5.26 Å². The van der Waals surface area contributed by atoms with Gasteiger partial charge in [-0.15, -0.1) is 0 Å². The summed E-state index contributed by atoms with van der Waals surface area (Å²) in [6.07, 6.45) is 0. The Morgan fingerprint density at radius 1 is 1.20 bits per heavy atom. The summed E-state index contributed by atoms with van der Waals surface area (Å²) in [7, 11) is 0. The highest BCUT2D eigenvalue weighted by molar-refractivity contribution is 6.05. The molecule has 0 heterocycles. The van der Waals surface area contributed by atoms with Gasteiger partial charge in [0.05, 0.1) is 16.9 Å². The first-order valence-electron chi connectivity index (χ1n) is 5.65. The second-order valence-electron chi connectivity index (χ2n) is 3.94. The van der Waals surface area contributed by atoms with Crippen molar-refractivity contribution in [3.63, 3.8) is 0 Å². The summed E-state index contributed by atoms with van der Waals surface area (Å²) < 4.78 is 12.8. The lowest BCUT2D eigenvalue weighted by atomic mass is 10.1. The van der Waals surface area contributed by atoms with Gasteiger partial charge in [0.25, 0.3) is 5.91 Å². The van der Waals surface area contributed by atoms with Gasteiger partial charge in [-0.2, -0.15) is 5.26 Å². The smallest absolute Gasteiger partial charge is 0.255 e. The van der Waals surface area contributed by atoms with E-state index in [9.17, 15) is 9.18 Å². The van der Waals surface area contributed by atoms with E-state index in [2.05, 4.69) is 5.32 Å². The lowest BCUT2D eigenvalue weighted by Gasteiger charge is -2.09. The Kier molecular flexibility index (Phi) is 3.93. The fourth-order valence-electron chi connectivity index (χ4n) is 1.61. The Hall–Kier alpha value is -2.91. The van der Waals surface area contributed by atoms with Crippen molar-refractivity contribution in [2.75, 3.05) is 10.8 Å². The predicted octanol–water partition coefficient (Wildman–Crippen LogP) is 2.75. The van der Waals surface area contributed by atoms with Crippen LogP contribution in [-0.4, -0.2) is 11.1 Å². The molecule has 0 aromatic heterocycles. The Morgan fingerprint density at radius 2 is 1.90 bits per heavy atom. The first-order chi connectivity index (χ1) is 9.63. The molecular weight excluding hydrogens is 261 g/mol. The molecule has 0 radical (unpaired) electrons. The summed E-state index contributed by atoms with van der Waals surface area (Å²) in [5.41, 5.74) is 3.02. The highest BCUT2D eigenvalue weighted by atomic mass is 19.1. The zero-order chi connectivity index (χ0) is 14.5. The van der Waals surface area contributed by atoms with Crippen LogP contribution in [0.2, 0.25) is 0 Å². The lowest BCUT2D eigenvalue weighted by molar-refractivity contribution is 0.102. The van der Waals surface area contributed by atoms with E-state index in [-0.39, 0.29) is 16.8 Å². The molecule has 20 heavy (non-hydrogen) atoms. The minimum absolute atomic E-state index is 0.250. The van der Waals surface area contributed by atoms with Crippen LogP contribution in [0.25, 0.3) is 0 Å². The van der Waals surface area contributed by atoms with Gasteiger partial charge in [-0.25, -0.2) is 4.39 Å². The maximum Gasteiger partial charge on any atom is 0.255 e. The van der Waals surface area contributed by atoms with E-state index >= 15 is 0 Å². The normalized spacial score (nSPS) is 9.65. The number of anilines is 2. The molecule has 2 aromatic rings. The van der Waals surface area contributed by atoms with E-state index in [1.54, 1.807) is 0 Å². The lowest BCUT2D eigenvalue weighted by Crippen LogP contribution is -2.13. The van der Waals surface area contributed by atoms with Crippen molar-refractivity contribution in [2.24, 2.45) is 0 Å². The second kappa shape index (κ2) is 5.82. The van der Waals surface area contributed by atoms with Crippen molar-refractivity contribution in [2.45, 2.75) is 0 Å². The van der Waals surface area contributed by atoms with Gasteiger partial charge in [-0.3, -0.25) is 15.5 Å². The molecule has 0 aliphatic carbocycles. The van der Waals surface area contributed by atoms with Gasteiger partial charge < -0.3 is 5.32 Å². The highest BCUT2D eigenvalue weighted by Gasteiger charge is 2.10. The highest BCUT2D eigenvalue weighted by Crippen LogP contribution is 2.20. The van der Waals surface area contributed by atoms with Gasteiger partial charge >= 0.3 is 0 Å². The number of amides is 1. The standard InChI is InChI=1S/C14H10FN3O2/c15-11-4-1-9(2-5-11)14(19)17-13-7-12(18-20)6-3-10(13)8-16/h1-7,18,20H,(H,17,19). The Morgan fingerprint density at radius 3 is 2.50 bits per heavy atom. The van der Waals surface area contributed by atoms with E-state index in [0.717, 1.165) is 0 Å². The third kappa shape index (κ3) is 2.91. The van der Waals surface area contributed by atoms with Crippen molar-refractivity contribution in [1.82, 2.24) is 0 Å². The van der Waals surface area contributed by atoms with Crippen LogP contribution >= 0.6 is 0 Å². The maximum atomic E-state index is 12.8. The first kappa shape index (κ1) is 13.5. The molecule has 2 aromatic carbocycles. The Bertz CT molecular complexity index is 678. The molecule has 6 heteroatoms. The molecule has 0 unspecified atom stereocenters. The number of halogens is 1. The molecule has 0 aliphatic heterocycles. The molecule has 5 nitrogen and oxygen atoms in total. The largest absolute Gasteiger partial charge is 0.321 e. The average Bonchev–Trinajstić information content (AvgIpc) is 2.47. The molecule has 0 saturated carbocycles. The molecule has 3 N–H and O–H groups in total. The Balaban J connectivity index is 2.27. The average molecular weight is 271 g/mol. The van der Waals surface area contributed by atoms with E-state index in [0.29, 0.717) is 5.69 Å². The van der Waals surface area contributed by atoms with Crippen molar-refractivity contribution in [3.05, 3.63) is 59.4 Å². The summed E-state index contributed by atoms with van der Waals surface area (Å²) in [4.78, 5) is 12.0. The number of nitriles is 1. The molecule has 0 spiro atoms. The first-order valence-corrected chi connectivity index (χ1v) is 5.65. The number of carbonyl (C=O) groups excluding carboxylic acids is 1. The van der Waals surface area contributed by atoms with Gasteiger partial charge in [0.2, 0.25) is 0 Å². The SMILES string of the molecule is N#Cc1ccc(NO)cc1NC(=O)c1ccc(F)cc1. The van der Waals surface area contributed by atoms with Gasteiger partial charge in [-0.05, 0) is 42.5 Å². The van der Waals surface area contributed by atoms with Crippen LogP contribution in [0.15, 0.2) is 42.5 Å². The second-order valence-corrected chi connectivity index (χ2v) is 3.94. The molecular formula is C14H10FN3O2. The van der Waals surface area contributed by atoms with Crippen LogP contribution in [0.5, 0.6) is 0 Å². The molecule has 100 valence electrons. The molecule has 2 rings (SSSR count). The third-order valence-electron chi connectivity index (χ3n) is 2.62. The minimum atomic E-state index is -0.475. The van der Waals surface area contributed by atoms with E-state index in [1.165, 1.54) is 42.5 Å². The zero-order valence-electron chi connectivity index (χ0n) is 10.2. The molecule has 0 saturated heterocycles. The topological polar surface area (TPSA) is 85.2 Å². The minimum Gasteiger partial charge on any atom is -0.321 e. The summed E-state index contributed by atoms with van der Waals surface area (Å²) >= 11 is 0. The number of carbonyl (C=O) groups is 1. The third-order valence-corrected chi connectivity index (χ3v) is 2.62. The summed E-state index contributed by atoms with van der Waals surface area (Å²) in [6, 6.07) is 11.3. The van der Waals surface area contributed by atoms with Crippen LogP contribution in [0.3, 0.4) is 0 Å². The van der Waals surface area contributed by atoms with Crippen molar-refractivity contribution in [3.8, 4) is 6.07 Å². The van der Waals surface area contributed by atoms with Gasteiger partial charge in [-0.1, -0.05) is 0 Å². The van der Waals surface area contributed by atoms with E-state index in [1.807, 2.05) is 11.5 Å². The number of nitrogens with zero attached hydrogens (tertiary/aromatic N) is 1. The number of rotatable bonds is 3. The number of hydrogen-bond acceptors (Lipinski definition) is 4. The summed E-state index contributed by atoms with van der Waals surface area (Å²) in [5, 5.41) is 20.3. The molecule has 0 bridgehead atoms. The van der Waals surface area contributed by atoms with Gasteiger partial charge in [0.1, 0.15) is 11.9 Å². The number of hydrogen-bond donors (Lipinski definition) is 3. The number of nitrogens with one attached hydrogen (secondary N) is 2. The Labute approximate surface area is 114 Å². The van der Waals surface area contributed by atoms with Gasteiger partial charge in [0, 0.05) is 5.56 Å². The summed E-state index contributed by atoms with van der Waals surface area (Å²) in [6.45, 7) is 0. The van der Waals surface area contributed by atoms with Crippen LogP contribution in [0.1, 0.15) is 15.9 Å². The quantitative estimate of drug-likeness (QED) is 0.749. The zero-order valence-corrected chi connectivity index (χ0v) is 10.2. The van der Waals surface area contributed by atoms with Gasteiger partial charge in [0.15, 0.2) is 0 Å². The monoisotopic (exact) mass is 271 g/mol. The van der Waals surface area contributed by atoms with Crippen LogP contribution in [-0.2, 0) is 0 Å². The molecule has 0 aliphatic rings. The predicted molar refractivity (Wildman–Crippen MR) is 70.9 cm³/mol. The fourth-order valence-corrected chi connectivity index (χ4v) is 1.61. The molecule has 0 atom stereocenters. The fraction of sp³-hybridized carbons (Fsp3) is 0. The van der Waals surface area contributed by atoms with Crippen LogP contribution < -0.4 is 10.8 Å². The van der Waals surface area contributed by atoms with E-state index in [4.69, 9.17) is 10.5 Å². The number of benzene rings is 2. The molecule has 0 fully saturated rings. The van der Waals surface area contributed by atoms with Crippen LogP contribution in [0.4, 0.5) is 15.8 Å². The van der Waals surface area contributed by atoms with Crippen molar-refractivity contribution >= 4 is 17.3 Å². The maximum absolute atomic E-state index is 12.8. The summed E-state index contributed by atoms with van der Waals surface area (Å²) in [5.74, 6) is -0.915. The van der Waals surface area contributed by atoms with Crippen LogP contribution in [0, 0.1) is 17.1 Å². The molecule has 1 amide bonds.